The zero-order valence-electron chi connectivity index (χ0n) is 5.82. The Bertz CT molecular complexity index is 260. The van der Waals surface area contributed by atoms with Crippen molar-refractivity contribution < 1.29 is 37.9 Å². The van der Waals surface area contributed by atoms with Gasteiger partial charge in [-0.15, -0.1) is 0 Å². The number of carboxylic acid groups (broad SMARTS) is 1. The summed E-state index contributed by atoms with van der Waals surface area (Å²) in [5.41, 5.74) is 0.274. The number of aromatic carboxylic acids is 1. The Kier molecular flexibility index (Phi) is 6.40. The average molecular weight is 363 g/mol. The first-order valence-corrected chi connectivity index (χ1v) is 8.38. The Balaban J connectivity index is 0.00000121. The van der Waals surface area contributed by atoms with E-state index in [0.717, 1.165) is 3.07 Å². The Labute approximate surface area is 105 Å². The normalized spacial score (nSPS) is 8.08. The third-order valence-electron chi connectivity index (χ3n) is 1.38. The van der Waals surface area contributed by atoms with Gasteiger partial charge in [-0.05, 0) is 0 Å². The molecule has 0 radical (unpaired) electrons. The molecule has 2 N–H and O–H groups in total. The van der Waals surface area contributed by atoms with Gasteiger partial charge in [0.05, 0.1) is 0 Å². The predicted octanol–water partition coefficient (Wildman–Crippen LogP) is -0.649. The first-order chi connectivity index (χ1) is 5.24. The molecule has 0 saturated heterocycles. The van der Waals surface area contributed by atoms with Crippen molar-refractivity contribution in [3.05, 3.63) is 29.8 Å². The molecule has 0 fully saturated rings. The van der Waals surface area contributed by atoms with Crippen LogP contribution in [-0.4, -0.2) is 43.6 Å². The van der Waals surface area contributed by atoms with Crippen molar-refractivity contribution in [1.29, 1.82) is 0 Å². The molecule has 1 aromatic carbocycles. The molecule has 0 aromatic heterocycles. The van der Waals surface area contributed by atoms with E-state index in [-0.39, 0.29) is 35.1 Å². The second kappa shape index (κ2) is 6.10. The van der Waals surface area contributed by atoms with Gasteiger partial charge in [0.15, 0.2) is 0 Å². The summed E-state index contributed by atoms with van der Waals surface area (Å²) in [7, 11) is 0. The van der Waals surface area contributed by atoms with E-state index in [9.17, 15) is 4.79 Å². The monoisotopic (exact) mass is 364 g/mol. The zero-order chi connectivity index (χ0) is 8.27. The number of carboxylic acids is 1. The molecule has 0 atom stereocenters. The second-order valence-corrected chi connectivity index (χ2v) is 6.56. The van der Waals surface area contributed by atoms with Gasteiger partial charge in [0.1, 0.15) is 0 Å². The van der Waals surface area contributed by atoms with E-state index >= 15 is 0 Å². The van der Waals surface area contributed by atoms with Crippen LogP contribution in [0.15, 0.2) is 24.3 Å². The quantitative estimate of drug-likeness (QED) is 0.688. The maximum atomic E-state index is 10.4. The summed E-state index contributed by atoms with van der Waals surface area (Å²) in [4.78, 5) is 10.4. The number of carbonyl (C=O) groups is 1. The van der Waals surface area contributed by atoms with Gasteiger partial charge in [-0.25, -0.2) is 0 Å². The Hall–Kier alpha value is 0.585. The van der Waals surface area contributed by atoms with Gasteiger partial charge in [-0.1, -0.05) is 0 Å². The van der Waals surface area contributed by atoms with Crippen LogP contribution >= 0.6 is 0 Å². The predicted molar refractivity (Wildman–Crippen MR) is 42.4 cm³/mol. The molecular weight excluding hydrogens is 356 g/mol. The Morgan fingerprint density at radius 1 is 1.25 bits per heavy atom. The van der Waals surface area contributed by atoms with Gasteiger partial charge in [0.25, 0.3) is 0 Å². The Morgan fingerprint density at radius 2 is 1.75 bits per heavy atom. The van der Waals surface area contributed by atoms with Crippen molar-refractivity contribution in [3.63, 3.8) is 0 Å². The first kappa shape index (κ1) is 12.6. The van der Waals surface area contributed by atoms with E-state index in [0.29, 0.717) is 0 Å². The molecule has 1 rings (SSSR count). The van der Waals surface area contributed by atoms with Crippen LogP contribution < -0.4 is 3.07 Å². The van der Waals surface area contributed by atoms with Gasteiger partial charge in [0, 0.05) is 0 Å². The van der Waals surface area contributed by atoms with Gasteiger partial charge in [-0.2, -0.15) is 0 Å². The van der Waals surface area contributed by atoms with Crippen LogP contribution in [0.25, 0.3) is 0 Å². The number of hydrogen-bond donors (Lipinski definition) is 2. The molecule has 0 bridgehead atoms. The third kappa shape index (κ3) is 3.54. The average Bonchev–Trinajstić information content (AvgIpc) is 2.05. The van der Waals surface area contributed by atoms with E-state index in [4.69, 9.17) is 8.12 Å². The van der Waals surface area contributed by atoms with Crippen molar-refractivity contribution in [3.8, 4) is 0 Å². The van der Waals surface area contributed by atoms with Crippen LogP contribution in [0.3, 0.4) is 0 Å². The molecule has 0 amide bonds. The fourth-order valence-electron chi connectivity index (χ4n) is 0.753. The van der Waals surface area contributed by atoms with Gasteiger partial charge in [-0.3, -0.25) is 0 Å². The molecule has 0 aliphatic rings. The summed E-state index contributed by atoms with van der Waals surface area (Å²) in [5.74, 6) is -0.925. The van der Waals surface area contributed by atoms with E-state index < -0.39 is 31.0 Å². The van der Waals surface area contributed by atoms with Crippen LogP contribution in [0.4, 0.5) is 0 Å². The summed E-state index contributed by atoms with van der Waals surface area (Å²) < 4.78 is 9.78. The van der Waals surface area contributed by atoms with Gasteiger partial charge in [0.2, 0.25) is 0 Å². The molecule has 0 aliphatic carbocycles. The van der Waals surface area contributed by atoms with Crippen molar-refractivity contribution in [1.82, 2.24) is 0 Å². The molecule has 5 heteroatoms. The minimum absolute atomic E-state index is 0. The van der Waals surface area contributed by atoms with Gasteiger partial charge < -0.3 is 0 Å². The molecule has 56 valence electrons. The number of rotatable bonds is 2. The molecule has 0 saturated carbocycles. The molecule has 3 nitrogen and oxygen atoms in total. The van der Waals surface area contributed by atoms with E-state index in [1.165, 1.54) is 12.1 Å². The fraction of sp³-hybridized carbons (Fsp3) is 0. The molecule has 1 aromatic rings. The maximum absolute atomic E-state index is 10.4. The van der Waals surface area contributed by atoms with Crippen molar-refractivity contribution in [2.75, 3.05) is 0 Å². The van der Waals surface area contributed by atoms with Crippen LogP contribution in [0, 0.1) is 0 Å². The molecule has 0 spiro atoms. The second-order valence-electron chi connectivity index (χ2n) is 2.16. The fourth-order valence-corrected chi connectivity index (χ4v) is 2.49. The number of hydrogen-bond acceptors (Lipinski definition) is 2. The Morgan fingerprint density at radius 3 is 2.08 bits per heavy atom. The minimum atomic E-state index is -1.79. The molecule has 0 aliphatic heterocycles. The summed E-state index contributed by atoms with van der Waals surface area (Å²) >= 11 is -1.79. The molecule has 0 heterocycles. The molecular formula is C7H7HgNaO3. The van der Waals surface area contributed by atoms with Crippen molar-refractivity contribution in [2.45, 2.75) is 0 Å². The van der Waals surface area contributed by atoms with E-state index in [1.807, 2.05) is 0 Å². The van der Waals surface area contributed by atoms with E-state index in [2.05, 4.69) is 0 Å². The zero-order valence-corrected chi connectivity index (χ0v) is 11.3. The standard InChI is InChI=1S/C7H5O2.Hg.Na.H2O.H/c8-7(9)6-4-2-1-3-5-6;;;;/h2-5H,(H,8,9);;;1H2;/q;+1;;;/p-1. The van der Waals surface area contributed by atoms with E-state index in [1.54, 1.807) is 12.1 Å². The topological polar surface area (TPSA) is 57.5 Å². The summed E-state index contributed by atoms with van der Waals surface area (Å²) in [6.07, 6.45) is 0. The van der Waals surface area contributed by atoms with Crippen molar-refractivity contribution >= 4 is 38.6 Å². The SMILES string of the molecule is O=C(O)c1cc[c]([Hg][OH])cc1.[NaH]. The van der Waals surface area contributed by atoms with Gasteiger partial charge >= 0.3 is 106 Å². The molecule has 0 unspecified atom stereocenters. The molecule has 12 heavy (non-hydrogen) atoms. The summed E-state index contributed by atoms with van der Waals surface area (Å²) in [5, 5.41) is 8.50. The van der Waals surface area contributed by atoms with Crippen LogP contribution in [-0.2, 0) is 25.0 Å². The summed E-state index contributed by atoms with van der Waals surface area (Å²) in [6.45, 7) is 0. The van der Waals surface area contributed by atoms with Crippen molar-refractivity contribution in [2.24, 2.45) is 0 Å². The van der Waals surface area contributed by atoms with Crippen LogP contribution in [0.2, 0.25) is 0 Å². The number of benzene rings is 1. The summed E-state index contributed by atoms with van der Waals surface area (Å²) in [6, 6.07) is 6.41. The first-order valence-electron chi connectivity index (χ1n) is 3.17. The van der Waals surface area contributed by atoms with Crippen LogP contribution in [0.1, 0.15) is 10.4 Å². The third-order valence-corrected chi connectivity index (χ3v) is 4.64. The van der Waals surface area contributed by atoms with Crippen LogP contribution in [0.5, 0.6) is 0 Å².